The second-order valence-corrected chi connectivity index (χ2v) is 13.9. The fraction of sp³-hybridized carbons (Fsp3) is 0. The van der Waals surface area contributed by atoms with Gasteiger partial charge < -0.3 is 0 Å². The van der Waals surface area contributed by atoms with Crippen LogP contribution >= 0.6 is 0 Å². The Balaban J connectivity index is 1.24. The quantitative estimate of drug-likeness (QED) is 0.173. The molecule has 0 aliphatic carbocycles. The Morgan fingerprint density at radius 1 is 0.315 bits per heavy atom. The van der Waals surface area contributed by atoms with Crippen molar-refractivity contribution in [3.05, 3.63) is 175 Å². The highest BCUT2D eigenvalue weighted by atomic mass is 15.0. The number of fused-ring (bicyclic) bond motifs is 2. The van der Waals surface area contributed by atoms with Gasteiger partial charge in [0.2, 0.25) is 0 Å². The highest BCUT2D eigenvalue weighted by molar-refractivity contribution is 6.37. The minimum Gasteiger partial charge on any atom is -0.208 e. The normalized spacial score (nSPS) is 11.7. The Bertz CT molecular complexity index is 3320. The van der Waals surface area contributed by atoms with Crippen LogP contribution in [0.3, 0.4) is 0 Å². The molecule has 54 heavy (non-hydrogen) atoms. The van der Waals surface area contributed by atoms with Gasteiger partial charge in [-0.05, 0) is 118 Å². The molecule has 4 nitrogen and oxygen atoms in total. The molecule has 0 spiro atoms. The summed E-state index contributed by atoms with van der Waals surface area (Å²) in [6.07, 6.45) is 0. The van der Waals surface area contributed by atoms with Crippen molar-refractivity contribution in [3.8, 4) is 51.4 Å². The van der Waals surface area contributed by atoms with Gasteiger partial charge in [0, 0.05) is 16.7 Å². The molecule has 0 N–H and O–H groups in total. The Hall–Kier alpha value is -7.48. The zero-order valence-electron chi connectivity index (χ0n) is 29.0. The van der Waals surface area contributed by atoms with Crippen LogP contribution in [-0.2, 0) is 0 Å². The molecule has 0 aliphatic rings. The van der Waals surface area contributed by atoms with Gasteiger partial charge in [-0.1, -0.05) is 127 Å². The molecule has 0 atom stereocenters. The number of aromatic nitrogens is 3. The Kier molecular flexibility index (Phi) is 6.58. The van der Waals surface area contributed by atoms with Crippen molar-refractivity contribution >= 4 is 64.6 Å². The van der Waals surface area contributed by atoms with E-state index in [-0.39, 0.29) is 0 Å². The van der Waals surface area contributed by atoms with E-state index in [4.69, 9.17) is 15.0 Å². The third kappa shape index (κ3) is 4.66. The van der Waals surface area contributed by atoms with Crippen LogP contribution in [0.25, 0.3) is 110 Å². The molecule has 11 aromatic rings. The maximum atomic E-state index is 9.51. The van der Waals surface area contributed by atoms with E-state index in [0.29, 0.717) is 23.0 Å². The molecule has 11 rings (SSSR count). The molecular weight excluding hydrogens is 657 g/mol. The van der Waals surface area contributed by atoms with E-state index in [1.807, 2.05) is 42.5 Å². The summed E-state index contributed by atoms with van der Waals surface area (Å²) >= 11 is 0. The molecular formula is C50H28N4. The van der Waals surface area contributed by atoms with E-state index >= 15 is 0 Å². The first-order valence-electron chi connectivity index (χ1n) is 18.1. The molecule has 0 unspecified atom stereocenters. The van der Waals surface area contributed by atoms with Crippen molar-refractivity contribution in [2.45, 2.75) is 0 Å². The second kappa shape index (κ2) is 11.8. The number of nitrogens with zero attached hydrogens (tertiary/aromatic N) is 4. The largest absolute Gasteiger partial charge is 0.208 e. The first-order valence-corrected chi connectivity index (χ1v) is 18.1. The van der Waals surface area contributed by atoms with Gasteiger partial charge in [-0.25, -0.2) is 15.0 Å². The standard InChI is InChI=1S/C50H28N4/c51-29-30-18-20-35(21-19-30)48-52-49(38-14-4-13-36(26-38)31-8-2-1-3-9-31)54-50(53-48)39-27-37-25-24-34-11-6-16-41-40-15-5-10-32-22-23-33-12-7-17-42(46(33)44(32)40)43(28-39)47(37)45(34)41/h1-28H. The topological polar surface area (TPSA) is 62.5 Å². The van der Waals surface area contributed by atoms with Crippen LogP contribution in [0.5, 0.6) is 0 Å². The predicted octanol–water partition coefficient (Wildman–Crippen LogP) is 12.8. The lowest BCUT2D eigenvalue weighted by Gasteiger charge is -2.17. The van der Waals surface area contributed by atoms with E-state index in [9.17, 15) is 5.26 Å². The summed E-state index contributed by atoms with van der Waals surface area (Å²) in [5, 5.41) is 24.1. The van der Waals surface area contributed by atoms with Crippen molar-refractivity contribution in [1.82, 2.24) is 15.0 Å². The molecule has 0 saturated carbocycles. The summed E-state index contributed by atoms with van der Waals surface area (Å²) in [5.41, 5.74) is 5.42. The minimum absolute atomic E-state index is 0.550. The first kappa shape index (κ1) is 30.2. The summed E-state index contributed by atoms with van der Waals surface area (Å²) < 4.78 is 0. The van der Waals surface area contributed by atoms with Crippen LogP contribution in [0, 0.1) is 11.3 Å². The lowest BCUT2D eigenvalue weighted by atomic mass is 9.87. The third-order valence-corrected chi connectivity index (χ3v) is 10.8. The van der Waals surface area contributed by atoms with Crippen LogP contribution in [0.4, 0.5) is 0 Å². The number of benzene rings is 9. The van der Waals surface area contributed by atoms with Gasteiger partial charge in [0.25, 0.3) is 0 Å². The molecule has 248 valence electrons. The predicted molar refractivity (Wildman–Crippen MR) is 223 cm³/mol. The van der Waals surface area contributed by atoms with Crippen molar-refractivity contribution in [3.63, 3.8) is 0 Å². The molecule has 0 bridgehead atoms. The fourth-order valence-electron chi connectivity index (χ4n) is 8.34. The molecule has 0 fully saturated rings. The number of hydrogen-bond acceptors (Lipinski definition) is 4. The molecule has 1 heterocycles. The average Bonchev–Trinajstić information content (AvgIpc) is 3.25. The van der Waals surface area contributed by atoms with Crippen molar-refractivity contribution in [2.24, 2.45) is 0 Å². The monoisotopic (exact) mass is 684 g/mol. The van der Waals surface area contributed by atoms with Crippen LogP contribution in [0.15, 0.2) is 170 Å². The molecule has 4 heteroatoms. The molecule has 1 aromatic heterocycles. The molecule has 10 aromatic carbocycles. The molecule has 0 aliphatic heterocycles. The van der Waals surface area contributed by atoms with Crippen molar-refractivity contribution < 1.29 is 0 Å². The molecule has 0 radical (unpaired) electrons. The van der Waals surface area contributed by atoms with Crippen LogP contribution < -0.4 is 0 Å². The highest BCUT2D eigenvalue weighted by Crippen LogP contribution is 2.44. The van der Waals surface area contributed by atoms with Crippen LogP contribution in [0.2, 0.25) is 0 Å². The maximum absolute atomic E-state index is 9.51. The number of rotatable bonds is 4. The second-order valence-electron chi connectivity index (χ2n) is 13.9. The fourth-order valence-corrected chi connectivity index (χ4v) is 8.34. The number of nitriles is 1. The number of hydrogen-bond donors (Lipinski definition) is 0. The summed E-state index contributed by atoms with van der Waals surface area (Å²) in [6.45, 7) is 0. The maximum Gasteiger partial charge on any atom is 0.164 e. The van der Waals surface area contributed by atoms with Gasteiger partial charge in [0.05, 0.1) is 11.6 Å². The summed E-state index contributed by atoms with van der Waals surface area (Å²) in [5.74, 6) is 1.72. The van der Waals surface area contributed by atoms with Gasteiger partial charge in [-0.15, -0.1) is 0 Å². The average molecular weight is 685 g/mol. The zero-order valence-corrected chi connectivity index (χ0v) is 29.0. The molecule has 0 saturated heterocycles. The van der Waals surface area contributed by atoms with Gasteiger partial charge in [0.1, 0.15) is 0 Å². The Morgan fingerprint density at radius 3 is 1.41 bits per heavy atom. The summed E-state index contributed by atoms with van der Waals surface area (Å²) in [4.78, 5) is 15.4. The lowest BCUT2D eigenvalue weighted by molar-refractivity contribution is 1.07. The molecule has 0 amide bonds. The third-order valence-electron chi connectivity index (χ3n) is 10.8. The first-order chi connectivity index (χ1) is 26.7. The summed E-state index contributed by atoms with van der Waals surface area (Å²) in [6, 6.07) is 61.8. The van der Waals surface area contributed by atoms with Crippen LogP contribution in [-0.4, -0.2) is 15.0 Å². The van der Waals surface area contributed by atoms with E-state index in [1.165, 1.54) is 53.9 Å². The van der Waals surface area contributed by atoms with Gasteiger partial charge in [0.15, 0.2) is 17.5 Å². The van der Waals surface area contributed by atoms with Crippen molar-refractivity contribution in [2.75, 3.05) is 0 Å². The van der Waals surface area contributed by atoms with Gasteiger partial charge >= 0.3 is 0 Å². The van der Waals surface area contributed by atoms with Crippen LogP contribution in [0.1, 0.15) is 5.56 Å². The Labute approximate surface area is 310 Å². The van der Waals surface area contributed by atoms with E-state index in [2.05, 4.69) is 133 Å². The van der Waals surface area contributed by atoms with E-state index in [0.717, 1.165) is 38.6 Å². The van der Waals surface area contributed by atoms with Gasteiger partial charge in [-0.3, -0.25) is 0 Å². The van der Waals surface area contributed by atoms with Crippen molar-refractivity contribution in [1.29, 1.82) is 5.26 Å². The smallest absolute Gasteiger partial charge is 0.164 e. The van der Waals surface area contributed by atoms with Gasteiger partial charge in [-0.2, -0.15) is 5.26 Å². The highest BCUT2D eigenvalue weighted by Gasteiger charge is 2.19. The Morgan fingerprint density at radius 2 is 0.796 bits per heavy atom. The van der Waals surface area contributed by atoms with E-state index < -0.39 is 0 Å². The SMILES string of the molecule is N#Cc1ccc(-c2nc(-c3cccc(-c4ccccc4)c3)nc(-c3cc4ccc5cccc6c7cccc8ccc9cccc(c(c3)c4c56)c9c87)n2)cc1. The zero-order chi connectivity index (χ0) is 35.8. The minimum atomic E-state index is 0.550. The lowest BCUT2D eigenvalue weighted by Crippen LogP contribution is -2.00. The summed E-state index contributed by atoms with van der Waals surface area (Å²) in [7, 11) is 0. The van der Waals surface area contributed by atoms with E-state index in [1.54, 1.807) is 0 Å².